The van der Waals surface area contributed by atoms with Crippen LogP contribution in [0.4, 0.5) is 8.78 Å². The molecule has 0 atom stereocenters. The van der Waals surface area contributed by atoms with E-state index in [1.54, 1.807) is 18.2 Å². The smallest absolute Gasteiger partial charge is 0.130 e. The second-order valence-electron chi connectivity index (χ2n) is 3.87. The largest absolute Gasteiger partial charge is 0.488 e. The summed E-state index contributed by atoms with van der Waals surface area (Å²) in [5.74, 6) is -0.441. The van der Waals surface area contributed by atoms with E-state index in [4.69, 9.17) is 16.3 Å². The molecular weight excluding hydrogens is 338 g/mol. The van der Waals surface area contributed by atoms with Gasteiger partial charge in [0.1, 0.15) is 24.0 Å². The second-order valence-corrected chi connectivity index (χ2v) is 4.84. The molecule has 0 heterocycles. The van der Waals surface area contributed by atoms with Crippen LogP contribution in [0.1, 0.15) is 11.1 Å². The average Bonchev–Trinajstić information content (AvgIpc) is 2.40. The third-order valence-electron chi connectivity index (χ3n) is 2.60. The monoisotopic (exact) mass is 346 g/mol. The van der Waals surface area contributed by atoms with Crippen LogP contribution in [0, 0.1) is 11.6 Å². The zero-order chi connectivity index (χ0) is 13.8. The van der Waals surface area contributed by atoms with Gasteiger partial charge in [-0.1, -0.05) is 33.6 Å². The maximum atomic E-state index is 13.5. The van der Waals surface area contributed by atoms with E-state index in [2.05, 4.69) is 15.9 Å². The Kier molecular flexibility index (Phi) is 4.77. The highest BCUT2D eigenvalue weighted by Gasteiger charge is 2.09. The molecule has 0 aromatic heterocycles. The van der Waals surface area contributed by atoms with Crippen molar-refractivity contribution in [3.8, 4) is 5.75 Å². The van der Waals surface area contributed by atoms with E-state index in [1.807, 2.05) is 0 Å². The highest BCUT2D eigenvalue weighted by molar-refractivity contribution is 9.08. The SMILES string of the molecule is Fc1ccc(F)c(COc2cccc(Cl)c2CBr)c1. The van der Waals surface area contributed by atoms with Gasteiger partial charge in [-0.25, -0.2) is 8.78 Å². The summed E-state index contributed by atoms with van der Waals surface area (Å²) in [5, 5.41) is 1.09. The normalized spacial score (nSPS) is 10.5. The molecule has 0 fully saturated rings. The molecule has 0 spiro atoms. The predicted octanol–water partition coefficient (Wildman–Crippen LogP) is 5.09. The Bertz CT molecular complexity index is 590. The number of halogens is 4. The number of alkyl halides is 1. The first kappa shape index (κ1) is 14.3. The fraction of sp³-hybridized carbons (Fsp3) is 0.143. The first-order chi connectivity index (χ1) is 9.11. The summed E-state index contributed by atoms with van der Waals surface area (Å²) < 4.78 is 32.0. The van der Waals surface area contributed by atoms with Gasteiger partial charge in [0.2, 0.25) is 0 Å². The number of hydrogen-bond donors (Lipinski definition) is 0. The van der Waals surface area contributed by atoms with E-state index in [9.17, 15) is 8.78 Å². The minimum atomic E-state index is -0.496. The van der Waals surface area contributed by atoms with Gasteiger partial charge in [0, 0.05) is 21.5 Å². The molecule has 0 amide bonds. The lowest BCUT2D eigenvalue weighted by atomic mass is 10.2. The first-order valence-corrected chi connectivity index (χ1v) is 7.02. The first-order valence-electron chi connectivity index (χ1n) is 5.52. The quantitative estimate of drug-likeness (QED) is 0.700. The van der Waals surface area contributed by atoms with Crippen molar-refractivity contribution in [1.29, 1.82) is 0 Å². The summed E-state index contributed by atoms with van der Waals surface area (Å²) in [5.41, 5.74) is 0.946. The van der Waals surface area contributed by atoms with Crippen LogP contribution >= 0.6 is 27.5 Å². The molecule has 0 saturated heterocycles. The van der Waals surface area contributed by atoms with Gasteiger partial charge in [0.05, 0.1) is 0 Å². The Balaban J connectivity index is 2.19. The van der Waals surface area contributed by atoms with Gasteiger partial charge < -0.3 is 4.74 Å². The zero-order valence-corrected chi connectivity index (χ0v) is 12.1. The van der Waals surface area contributed by atoms with Crippen molar-refractivity contribution in [3.05, 3.63) is 64.2 Å². The molecule has 0 aliphatic heterocycles. The summed E-state index contributed by atoms with van der Waals surface area (Å²) in [7, 11) is 0. The maximum absolute atomic E-state index is 13.5. The van der Waals surface area contributed by atoms with Crippen LogP contribution in [0.25, 0.3) is 0 Å². The van der Waals surface area contributed by atoms with Crippen molar-refractivity contribution in [2.24, 2.45) is 0 Å². The molecule has 100 valence electrons. The summed E-state index contributed by atoms with van der Waals surface area (Å²) in [4.78, 5) is 0. The van der Waals surface area contributed by atoms with Gasteiger partial charge in [-0.2, -0.15) is 0 Å². The van der Waals surface area contributed by atoms with E-state index in [-0.39, 0.29) is 12.2 Å². The van der Waals surface area contributed by atoms with E-state index in [0.717, 1.165) is 23.8 Å². The highest BCUT2D eigenvalue weighted by Crippen LogP contribution is 2.29. The molecule has 2 aromatic rings. The minimum absolute atomic E-state index is 0.0517. The Hall–Kier alpha value is -1.13. The summed E-state index contributed by atoms with van der Waals surface area (Å²) in [6, 6.07) is 8.49. The Labute approximate surface area is 123 Å². The molecule has 0 N–H and O–H groups in total. The molecule has 19 heavy (non-hydrogen) atoms. The van der Waals surface area contributed by atoms with Crippen LogP contribution in [0.5, 0.6) is 5.75 Å². The molecule has 0 unspecified atom stereocenters. The summed E-state index contributed by atoms with van der Waals surface area (Å²) in [6.07, 6.45) is 0. The van der Waals surface area contributed by atoms with Gasteiger partial charge in [-0.15, -0.1) is 0 Å². The zero-order valence-electron chi connectivity index (χ0n) is 9.80. The van der Waals surface area contributed by atoms with E-state index in [1.165, 1.54) is 0 Å². The van der Waals surface area contributed by atoms with Crippen LogP contribution in [0.3, 0.4) is 0 Å². The van der Waals surface area contributed by atoms with E-state index < -0.39 is 11.6 Å². The van der Waals surface area contributed by atoms with Crippen LogP contribution in [0.15, 0.2) is 36.4 Å². The third-order valence-corrected chi connectivity index (χ3v) is 3.52. The number of hydrogen-bond acceptors (Lipinski definition) is 1. The van der Waals surface area contributed by atoms with Crippen molar-refractivity contribution in [1.82, 2.24) is 0 Å². The van der Waals surface area contributed by atoms with Gasteiger partial charge >= 0.3 is 0 Å². The van der Waals surface area contributed by atoms with Crippen molar-refractivity contribution in [2.75, 3.05) is 0 Å². The topological polar surface area (TPSA) is 9.23 Å². The van der Waals surface area contributed by atoms with E-state index >= 15 is 0 Å². The Morgan fingerprint density at radius 3 is 2.68 bits per heavy atom. The summed E-state index contributed by atoms with van der Waals surface area (Å²) in [6.45, 7) is -0.0517. The third kappa shape index (κ3) is 3.45. The molecule has 1 nitrogen and oxygen atoms in total. The molecule has 0 aliphatic carbocycles. The van der Waals surface area contributed by atoms with Crippen LogP contribution in [-0.4, -0.2) is 0 Å². The molecule has 2 aromatic carbocycles. The van der Waals surface area contributed by atoms with Gasteiger partial charge in [0.15, 0.2) is 0 Å². The maximum Gasteiger partial charge on any atom is 0.130 e. The molecule has 0 bridgehead atoms. The number of rotatable bonds is 4. The highest BCUT2D eigenvalue weighted by atomic mass is 79.9. The number of benzene rings is 2. The lowest BCUT2D eigenvalue weighted by Gasteiger charge is -2.11. The van der Waals surface area contributed by atoms with Crippen LogP contribution < -0.4 is 4.74 Å². The van der Waals surface area contributed by atoms with Crippen LogP contribution in [0.2, 0.25) is 5.02 Å². The Morgan fingerprint density at radius 2 is 1.95 bits per heavy atom. The average molecular weight is 348 g/mol. The van der Waals surface area contributed by atoms with Gasteiger partial charge in [-0.05, 0) is 30.3 Å². The molecule has 0 radical (unpaired) electrons. The predicted molar refractivity (Wildman–Crippen MR) is 74.8 cm³/mol. The molecule has 0 saturated carbocycles. The lowest BCUT2D eigenvalue weighted by Crippen LogP contribution is -2.01. The minimum Gasteiger partial charge on any atom is -0.488 e. The number of ether oxygens (including phenoxy) is 1. The molecule has 2 rings (SSSR count). The Morgan fingerprint density at radius 1 is 1.16 bits per heavy atom. The van der Waals surface area contributed by atoms with Gasteiger partial charge in [0.25, 0.3) is 0 Å². The van der Waals surface area contributed by atoms with Crippen molar-refractivity contribution in [3.63, 3.8) is 0 Å². The van der Waals surface area contributed by atoms with Crippen molar-refractivity contribution >= 4 is 27.5 Å². The lowest BCUT2D eigenvalue weighted by molar-refractivity contribution is 0.297. The van der Waals surface area contributed by atoms with Crippen LogP contribution in [-0.2, 0) is 11.9 Å². The van der Waals surface area contributed by atoms with Crippen molar-refractivity contribution in [2.45, 2.75) is 11.9 Å². The standard InChI is InChI=1S/C14H10BrClF2O/c15-7-11-12(16)2-1-3-14(11)19-8-9-6-10(17)4-5-13(9)18/h1-6H,7-8H2. The molecule has 5 heteroatoms. The van der Waals surface area contributed by atoms with E-state index in [0.29, 0.717) is 16.1 Å². The fourth-order valence-corrected chi connectivity index (χ4v) is 2.59. The molecule has 0 aliphatic rings. The van der Waals surface area contributed by atoms with Crippen molar-refractivity contribution < 1.29 is 13.5 Å². The van der Waals surface area contributed by atoms with Gasteiger partial charge in [-0.3, -0.25) is 0 Å². The fourth-order valence-electron chi connectivity index (χ4n) is 1.61. The second kappa shape index (κ2) is 6.35. The summed E-state index contributed by atoms with van der Waals surface area (Å²) >= 11 is 9.34. The molecular formula is C14H10BrClF2O.